The van der Waals surface area contributed by atoms with Crippen LogP contribution in [0.25, 0.3) is 10.8 Å². The monoisotopic (exact) mass is 395 g/mol. The second-order valence-electron chi connectivity index (χ2n) is 6.93. The first-order chi connectivity index (χ1) is 13.9. The number of benzene rings is 2. The highest BCUT2D eigenvalue weighted by atomic mass is 19.1. The Morgan fingerprint density at radius 2 is 1.90 bits per heavy atom. The molecule has 2 aromatic carbocycles. The molecular formula is C21H18FN3O4. The van der Waals surface area contributed by atoms with Crippen LogP contribution in [0.4, 0.5) is 4.39 Å². The molecule has 2 atom stereocenters. The smallest absolute Gasteiger partial charge is 0.328 e. The summed E-state index contributed by atoms with van der Waals surface area (Å²) in [6.45, 7) is -0.390. The molecule has 0 radical (unpaired) electrons. The third kappa shape index (κ3) is 3.61. The molecule has 0 spiro atoms. The van der Waals surface area contributed by atoms with Crippen LogP contribution in [-0.4, -0.2) is 39.7 Å². The lowest BCUT2D eigenvalue weighted by Gasteiger charge is -2.19. The summed E-state index contributed by atoms with van der Waals surface area (Å²) in [7, 11) is 1.61. The second kappa shape index (κ2) is 7.46. The van der Waals surface area contributed by atoms with Crippen LogP contribution in [0.1, 0.15) is 18.0 Å². The predicted molar refractivity (Wildman–Crippen MR) is 102 cm³/mol. The molecule has 8 heteroatoms. The first kappa shape index (κ1) is 18.8. The molecule has 7 nitrogen and oxygen atoms in total. The molecule has 0 N–H and O–H groups in total. The van der Waals surface area contributed by atoms with Crippen molar-refractivity contribution in [1.82, 2.24) is 14.7 Å². The molecule has 4 rings (SSSR count). The van der Waals surface area contributed by atoms with Crippen LogP contribution in [0, 0.1) is 5.82 Å². The van der Waals surface area contributed by atoms with Crippen molar-refractivity contribution in [3.63, 3.8) is 0 Å². The van der Waals surface area contributed by atoms with Gasteiger partial charge in [-0.15, -0.1) is 0 Å². The Hall–Kier alpha value is -3.55. The Morgan fingerprint density at radius 1 is 1.17 bits per heavy atom. The number of hydrogen-bond acceptors (Lipinski definition) is 5. The van der Waals surface area contributed by atoms with Crippen molar-refractivity contribution < 1.29 is 18.7 Å². The number of rotatable bonds is 4. The number of carbonyl (C=O) groups is 2. The van der Waals surface area contributed by atoms with Gasteiger partial charge in [0.2, 0.25) is 0 Å². The lowest BCUT2D eigenvalue weighted by Crippen LogP contribution is -2.33. The summed E-state index contributed by atoms with van der Waals surface area (Å²) < 4.78 is 19.5. The summed E-state index contributed by atoms with van der Waals surface area (Å²) in [5, 5.41) is 5.12. The minimum atomic E-state index is -0.960. The summed E-state index contributed by atoms with van der Waals surface area (Å²) >= 11 is 0. The number of amides is 1. The second-order valence-corrected chi connectivity index (χ2v) is 6.93. The van der Waals surface area contributed by atoms with Gasteiger partial charge in [0.25, 0.3) is 11.5 Å². The number of carbonyl (C=O) groups excluding carboxylic acids is 2. The first-order valence-electron chi connectivity index (χ1n) is 9.10. The van der Waals surface area contributed by atoms with Gasteiger partial charge in [0.15, 0.2) is 6.10 Å². The van der Waals surface area contributed by atoms with Crippen molar-refractivity contribution >= 4 is 22.6 Å². The third-order valence-corrected chi connectivity index (χ3v) is 5.10. The van der Waals surface area contributed by atoms with Gasteiger partial charge in [-0.05, 0) is 23.8 Å². The molecule has 1 aromatic heterocycles. The van der Waals surface area contributed by atoms with Crippen molar-refractivity contribution in [2.75, 3.05) is 7.05 Å². The molecule has 1 aliphatic rings. The third-order valence-electron chi connectivity index (χ3n) is 5.10. The number of likely N-dealkylation sites (N-methyl/N-ethyl adjacent to an activating group) is 1. The van der Waals surface area contributed by atoms with E-state index in [1.807, 2.05) is 0 Å². The molecule has 0 bridgehead atoms. The van der Waals surface area contributed by atoms with Crippen LogP contribution in [0.15, 0.2) is 59.5 Å². The number of hydrogen-bond donors (Lipinski definition) is 0. The van der Waals surface area contributed by atoms with Gasteiger partial charge in [0.05, 0.1) is 17.6 Å². The largest absolute Gasteiger partial charge is 0.451 e. The number of fused-ring (bicyclic) bond motifs is 1. The van der Waals surface area contributed by atoms with E-state index in [2.05, 4.69) is 5.10 Å². The molecule has 1 amide bonds. The zero-order valence-corrected chi connectivity index (χ0v) is 15.6. The Morgan fingerprint density at radius 3 is 2.66 bits per heavy atom. The normalized spacial score (nSPS) is 19.0. The molecule has 0 saturated carbocycles. The fraction of sp³-hybridized carbons (Fsp3) is 0.238. The molecule has 1 saturated heterocycles. The lowest BCUT2D eigenvalue weighted by molar-refractivity contribution is -0.156. The van der Waals surface area contributed by atoms with Gasteiger partial charge in [-0.1, -0.05) is 30.3 Å². The van der Waals surface area contributed by atoms with Crippen molar-refractivity contribution in [2.24, 2.45) is 0 Å². The zero-order chi connectivity index (χ0) is 20.5. The predicted octanol–water partition coefficient (Wildman–Crippen LogP) is 2.05. The summed E-state index contributed by atoms with van der Waals surface area (Å²) in [6, 6.07) is 12.5. The molecule has 0 unspecified atom stereocenters. The van der Waals surface area contributed by atoms with Gasteiger partial charge < -0.3 is 9.64 Å². The molecule has 1 aliphatic heterocycles. The maximum atomic E-state index is 13.1. The fourth-order valence-electron chi connectivity index (χ4n) is 3.54. The highest BCUT2D eigenvalue weighted by Gasteiger charge is 2.40. The van der Waals surface area contributed by atoms with E-state index in [4.69, 9.17) is 4.74 Å². The van der Waals surface area contributed by atoms with E-state index < -0.39 is 24.2 Å². The fourth-order valence-corrected chi connectivity index (χ4v) is 3.54. The minimum Gasteiger partial charge on any atom is -0.451 e. The van der Waals surface area contributed by atoms with Crippen molar-refractivity contribution in [3.8, 4) is 0 Å². The number of nitrogens with zero attached hydrogens (tertiary/aromatic N) is 3. The number of esters is 1. The molecule has 3 aromatic rings. The summed E-state index contributed by atoms with van der Waals surface area (Å²) in [4.78, 5) is 38.8. The average Bonchev–Trinajstić information content (AvgIpc) is 2.99. The van der Waals surface area contributed by atoms with E-state index in [9.17, 15) is 18.8 Å². The number of halogens is 1. The Labute approximate surface area is 165 Å². The Bertz CT molecular complexity index is 1140. The van der Waals surface area contributed by atoms with E-state index in [-0.39, 0.29) is 24.2 Å². The number of ether oxygens (including phenoxy) is 1. The molecule has 29 heavy (non-hydrogen) atoms. The van der Waals surface area contributed by atoms with Crippen LogP contribution in [-0.2, 0) is 20.9 Å². The maximum Gasteiger partial charge on any atom is 0.328 e. The van der Waals surface area contributed by atoms with E-state index in [0.717, 1.165) is 10.2 Å². The highest BCUT2D eigenvalue weighted by Crippen LogP contribution is 2.33. The van der Waals surface area contributed by atoms with Crippen LogP contribution >= 0.6 is 0 Å². The van der Waals surface area contributed by atoms with Gasteiger partial charge in [-0.3, -0.25) is 14.4 Å². The van der Waals surface area contributed by atoms with Crippen molar-refractivity contribution in [1.29, 1.82) is 0 Å². The SMILES string of the molecule is CN1C(=O)[C@@H](OC(=O)Cn2ncc3ccccc3c2=O)C[C@H]1c1ccc(F)cc1. The maximum absolute atomic E-state index is 13.1. The molecular weight excluding hydrogens is 377 g/mol. The summed E-state index contributed by atoms with van der Waals surface area (Å²) in [5.74, 6) is -1.43. The minimum absolute atomic E-state index is 0.257. The van der Waals surface area contributed by atoms with Gasteiger partial charge in [-0.25, -0.2) is 9.07 Å². The molecule has 0 aliphatic carbocycles. The average molecular weight is 395 g/mol. The topological polar surface area (TPSA) is 81.5 Å². The lowest BCUT2D eigenvalue weighted by atomic mass is 10.0. The molecule has 1 fully saturated rings. The van der Waals surface area contributed by atoms with Crippen LogP contribution < -0.4 is 5.56 Å². The van der Waals surface area contributed by atoms with E-state index in [0.29, 0.717) is 10.8 Å². The van der Waals surface area contributed by atoms with Crippen LogP contribution in [0.5, 0.6) is 0 Å². The van der Waals surface area contributed by atoms with Gasteiger partial charge in [-0.2, -0.15) is 5.10 Å². The zero-order valence-electron chi connectivity index (χ0n) is 15.6. The quantitative estimate of drug-likeness (QED) is 0.632. The van der Waals surface area contributed by atoms with Crippen LogP contribution in [0.3, 0.4) is 0 Å². The number of likely N-dealkylation sites (tertiary alicyclic amines) is 1. The Kier molecular flexibility index (Phi) is 4.84. The first-order valence-corrected chi connectivity index (χ1v) is 9.10. The van der Waals surface area contributed by atoms with Crippen molar-refractivity contribution in [3.05, 3.63) is 76.5 Å². The van der Waals surface area contributed by atoms with Crippen LogP contribution in [0.2, 0.25) is 0 Å². The van der Waals surface area contributed by atoms with E-state index in [1.54, 1.807) is 43.4 Å². The summed E-state index contributed by atoms with van der Waals surface area (Å²) in [5.41, 5.74) is 0.354. The number of aromatic nitrogens is 2. The van der Waals surface area contributed by atoms with Gasteiger partial charge in [0.1, 0.15) is 12.4 Å². The Balaban J connectivity index is 1.47. The molecule has 2 heterocycles. The van der Waals surface area contributed by atoms with Crippen molar-refractivity contribution in [2.45, 2.75) is 25.1 Å². The standard InChI is InChI=1S/C21H18FN3O4/c1-24-17(13-6-8-15(22)9-7-13)10-18(21(24)28)29-19(26)12-25-20(27)16-5-3-2-4-14(16)11-23-25/h2-9,11,17-18H,10,12H2,1H3/t17-,18-/m0/s1. The van der Waals surface area contributed by atoms with Gasteiger partial charge >= 0.3 is 5.97 Å². The molecule has 148 valence electrons. The highest BCUT2D eigenvalue weighted by molar-refractivity contribution is 5.86. The summed E-state index contributed by atoms with van der Waals surface area (Å²) in [6.07, 6.45) is 0.800. The van der Waals surface area contributed by atoms with E-state index in [1.165, 1.54) is 23.2 Å². The van der Waals surface area contributed by atoms with E-state index >= 15 is 0 Å². The van der Waals surface area contributed by atoms with Gasteiger partial charge in [0, 0.05) is 18.9 Å².